The van der Waals surface area contributed by atoms with Crippen LogP contribution in [0.3, 0.4) is 0 Å². The van der Waals surface area contributed by atoms with Crippen LogP contribution in [0.5, 0.6) is 0 Å². The van der Waals surface area contributed by atoms with E-state index in [1.807, 2.05) is 0 Å². The molecule has 0 heterocycles. The van der Waals surface area contributed by atoms with Gasteiger partial charge in [0.25, 0.3) is 0 Å². The average molecular weight is 298 g/mol. The first kappa shape index (κ1) is 20.2. The van der Waals surface area contributed by atoms with Crippen LogP contribution in [-0.2, 0) is 4.79 Å². The van der Waals surface area contributed by atoms with Crippen LogP contribution >= 0.6 is 0 Å². The van der Waals surface area contributed by atoms with Crippen molar-refractivity contribution in [2.45, 2.75) is 96.5 Å². The Kier molecular flexibility index (Phi) is 14.9. The third kappa shape index (κ3) is 17.1. The summed E-state index contributed by atoms with van der Waals surface area (Å²) in [5.74, 6) is -0.702. The quantitative estimate of drug-likeness (QED) is 0.327. The topological polar surface area (TPSA) is 57.5 Å². The highest BCUT2D eigenvalue weighted by atomic mass is 16.4. The van der Waals surface area contributed by atoms with E-state index in [9.17, 15) is 9.90 Å². The Bertz CT molecular complexity index is 261. The lowest BCUT2D eigenvalue weighted by molar-refractivity contribution is -0.137. The monoisotopic (exact) mass is 298 g/mol. The lowest BCUT2D eigenvalue weighted by atomic mass is 10.0. The fraction of sp³-hybridized carbons (Fsp3) is 0.833. The zero-order chi connectivity index (χ0) is 15.8. The molecule has 124 valence electrons. The van der Waals surface area contributed by atoms with E-state index in [1.165, 1.54) is 25.7 Å². The molecule has 1 atom stereocenters. The predicted octanol–water partition coefficient (Wildman–Crippen LogP) is 5.08. The van der Waals surface area contributed by atoms with Crippen molar-refractivity contribution in [1.29, 1.82) is 0 Å². The molecule has 0 spiro atoms. The van der Waals surface area contributed by atoms with Gasteiger partial charge in [-0.25, -0.2) is 0 Å². The van der Waals surface area contributed by atoms with Gasteiger partial charge < -0.3 is 10.2 Å². The van der Waals surface area contributed by atoms with Gasteiger partial charge in [0.05, 0.1) is 6.10 Å². The minimum atomic E-state index is -0.702. The molecule has 0 aliphatic carbocycles. The molecule has 0 radical (unpaired) electrons. The fourth-order valence-electron chi connectivity index (χ4n) is 2.36. The summed E-state index contributed by atoms with van der Waals surface area (Å²) >= 11 is 0. The highest BCUT2D eigenvalue weighted by Crippen LogP contribution is 2.11. The van der Waals surface area contributed by atoms with Crippen molar-refractivity contribution in [2.75, 3.05) is 0 Å². The largest absolute Gasteiger partial charge is 0.481 e. The van der Waals surface area contributed by atoms with Crippen molar-refractivity contribution in [3.63, 3.8) is 0 Å². The summed E-state index contributed by atoms with van der Waals surface area (Å²) in [5, 5.41) is 18.3. The minimum absolute atomic E-state index is 0.212. The summed E-state index contributed by atoms with van der Waals surface area (Å²) in [6.07, 6.45) is 17.3. The van der Waals surface area contributed by atoms with Crippen LogP contribution in [-0.4, -0.2) is 22.3 Å². The molecule has 0 saturated heterocycles. The Morgan fingerprint density at radius 3 is 2.33 bits per heavy atom. The number of hydrogen-bond acceptors (Lipinski definition) is 2. The molecule has 0 aromatic rings. The van der Waals surface area contributed by atoms with Gasteiger partial charge in [-0.1, -0.05) is 64.0 Å². The SMILES string of the molecule is CCCCCC/C=C\C[C@H](O)CCCCCCCC(=O)O. The van der Waals surface area contributed by atoms with Crippen LogP contribution in [0.2, 0.25) is 0 Å². The number of carbonyl (C=O) groups is 1. The van der Waals surface area contributed by atoms with Crippen LogP contribution < -0.4 is 0 Å². The first-order valence-electron chi connectivity index (χ1n) is 8.71. The van der Waals surface area contributed by atoms with E-state index < -0.39 is 5.97 Å². The van der Waals surface area contributed by atoms with Crippen molar-refractivity contribution in [2.24, 2.45) is 0 Å². The lowest BCUT2D eigenvalue weighted by Gasteiger charge is -2.07. The van der Waals surface area contributed by atoms with Gasteiger partial charge in [-0.05, 0) is 32.1 Å². The Morgan fingerprint density at radius 2 is 1.62 bits per heavy atom. The standard InChI is InChI=1S/C18H34O3/c1-2-3-4-5-6-8-11-14-17(19)15-12-9-7-10-13-16-18(20)21/h8,11,17,19H,2-7,9-10,12-16H2,1H3,(H,20,21)/b11-8-/t17-/m0/s1. The fourth-order valence-corrected chi connectivity index (χ4v) is 2.36. The van der Waals surface area contributed by atoms with Gasteiger partial charge in [0.15, 0.2) is 0 Å². The average Bonchev–Trinajstić information content (AvgIpc) is 2.45. The van der Waals surface area contributed by atoms with Gasteiger partial charge in [0, 0.05) is 6.42 Å². The van der Waals surface area contributed by atoms with E-state index in [1.54, 1.807) is 0 Å². The van der Waals surface area contributed by atoms with Crippen LogP contribution in [0.25, 0.3) is 0 Å². The predicted molar refractivity (Wildman–Crippen MR) is 88.5 cm³/mol. The number of carboxylic acids is 1. The molecule has 0 rings (SSSR count). The maximum Gasteiger partial charge on any atom is 0.303 e. The third-order valence-electron chi connectivity index (χ3n) is 3.73. The second-order valence-electron chi connectivity index (χ2n) is 5.91. The molecule has 0 amide bonds. The molecule has 0 saturated carbocycles. The van der Waals surface area contributed by atoms with Crippen molar-refractivity contribution in [3.8, 4) is 0 Å². The van der Waals surface area contributed by atoms with Crippen LogP contribution in [0.1, 0.15) is 90.4 Å². The highest BCUT2D eigenvalue weighted by molar-refractivity contribution is 5.66. The van der Waals surface area contributed by atoms with E-state index >= 15 is 0 Å². The van der Waals surface area contributed by atoms with E-state index in [4.69, 9.17) is 5.11 Å². The summed E-state index contributed by atoms with van der Waals surface area (Å²) in [7, 11) is 0. The Balaban J connectivity index is 3.28. The zero-order valence-electron chi connectivity index (χ0n) is 13.7. The third-order valence-corrected chi connectivity index (χ3v) is 3.73. The molecule has 3 nitrogen and oxygen atoms in total. The van der Waals surface area contributed by atoms with Crippen LogP contribution in [0, 0.1) is 0 Å². The van der Waals surface area contributed by atoms with Gasteiger partial charge >= 0.3 is 5.97 Å². The van der Waals surface area contributed by atoms with Gasteiger partial charge in [-0.3, -0.25) is 4.79 Å². The normalized spacial score (nSPS) is 12.9. The summed E-state index contributed by atoms with van der Waals surface area (Å²) < 4.78 is 0. The molecular formula is C18H34O3. The summed E-state index contributed by atoms with van der Waals surface area (Å²) in [6, 6.07) is 0. The summed E-state index contributed by atoms with van der Waals surface area (Å²) in [4.78, 5) is 10.3. The van der Waals surface area contributed by atoms with E-state index in [0.29, 0.717) is 0 Å². The molecule has 0 aromatic carbocycles. The molecule has 0 aromatic heterocycles. The van der Waals surface area contributed by atoms with E-state index in [2.05, 4.69) is 19.1 Å². The number of carboxylic acid groups (broad SMARTS) is 1. The number of aliphatic hydroxyl groups excluding tert-OH is 1. The van der Waals surface area contributed by atoms with Gasteiger partial charge in [-0.2, -0.15) is 0 Å². The Hall–Kier alpha value is -0.830. The second-order valence-corrected chi connectivity index (χ2v) is 5.91. The molecular weight excluding hydrogens is 264 g/mol. The highest BCUT2D eigenvalue weighted by Gasteiger charge is 2.01. The Morgan fingerprint density at radius 1 is 0.952 bits per heavy atom. The second kappa shape index (κ2) is 15.6. The number of rotatable bonds is 15. The number of aliphatic carboxylic acids is 1. The van der Waals surface area contributed by atoms with Gasteiger partial charge in [0.1, 0.15) is 0 Å². The van der Waals surface area contributed by atoms with Crippen molar-refractivity contribution in [1.82, 2.24) is 0 Å². The van der Waals surface area contributed by atoms with Crippen LogP contribution in [0.4, 0.5) is 0 Å². The van der Waals surface area contributed by atoms with Crippen molar-refractivity contribution < 1.29 is 15.0 Å². The number of unbranched alkanes of at least 4 members (excludes halogenated alkanes) is 8. The molecule has 0 bridgehead atoms. The molecule has 0 unspecified atom stereocenters. The smallest absolute Gasteiger partial charge is 0.303 e. The van der Waals surface area contributed by atoms with Gasteiger partial charge in [0.2, 0.25) is 0 Å². The zero-order valence-corrected chi connectivity index (χ0v) is 13.7. The molecule has 0 aliphatic heterocycles. The number of allylic oxidation sites excluding steroid dienone is 1. The van der Waals surface area contributed by atoms with Gasteiger partial charge in [-0.15, -0.1) is 0 Å². The first-order chi connectivity index (χ1) is 10.2. The first-order valence-corrected chi connectivity index (χ1v) is 8.71. The van der Waals surface area contributed by atoms with E-state index in [0.717, 1.165) is 51.4 Å². The van der Waals surface area contributed by atoms with Crippen LogP contribution in [0.15, 0.2) is 12.2 Å². The molecule has 21 heavy (non-hydrogen) atoms. The van der Waals surface area contributed by atoms with Crippen molar-refractivity contribution >= 4 is 5.97 Å². The maximum atomic E-state index is 10.3. The maximum absolute atomic E-state index is 10.3. The molecule has 3 heteroatoms. The van der Waals surface area contributed by atoms with E-state index in [-0.39, 0.29) is 12.5 Å². The lowest BCUT2D eigenvalue weighted by Crippen LogP contribution is -2.04. The summed E-state index contributed by atoms with van der Waals surface area (Å²) in [5.41, 5.74) is 0. The van der Waals surface area contributed by atoms with Crippen molar-refractivity contribution in [3.05, 3.63) is 12.2 Å². The molecule has 0 aliphatic rings. The molecule has 2 N–H and O–H groups in total. The minimum Gasteiger partial charge on any atom is -0.481 e. The Labute approximate surface area is 130 Å². The number of hydrogen-bond donors (Lipinski definition) is 2. The summed E-state index contributed by atoms with van der Waals surface area (Å²) in [6.45, 7) is 2.22. The molecule has 0 fully saturated rings. The number of aliphatic hydroxyl groups is 1.